The first-order valence-electron chi connectivity index (χ1n) is 4.91. The fourth-order valence-corrected chi connectivity index (χ4v) is 1.96. The Morgan fingerprint density at radius 3 is 2.73 bits per heavy atom. The molecule has 0 aromatic heterocycles. The zero-order chi connectivity index (χ0) is 8.27. The quantitative estimate of drug-likeness (QED) is 0.612. The smallest absolute Gasteiger partial charge is 0.00230 e. The van der Waals surface area contributed by atoms with E-state index in [0.717, 1.165) is 17.8 Å². The average molecular weight is 155 g/mol. The largest absolute Gasteiger partial charge is 0.316 e. The zero-order valence-electron chi connectivity index (χ0n) is 8.06. The van der Waals surface area contributed by atoms with Crippen LogP contribution in [0, 0.1) is 17.8 Å². The molecule has 66 valence electrons. The molecule has 0 aliphatic carbocycles. The third kappa shape index (κ3) is 2.82. The number of hydrogen-bond acceptors (Lipinski definition) is 1. The maximum atomic E-state index is 3.48. The van der Waals surface area contributed by atoms with E-state index in [1.165, 1.54) is 25.9 Å². The molecule has 1 nitrogen and oxygen atoms in total. The van der Waals surface area contributed by atoms with Gasteiger partial charge in [0, 0.05) is 0 Å². The van der Waals surface area contributed by atoms with Crippen molar-refractivity contribution in [1.29, 1.82) is 0 Å². The van der Waals surface area contributed by atoms with Crippen molar-refractivity contribution in [2.75, 3.05) is 13.1 Å². The lowest BCUT2D eigenvalue weighted by atomic mass is 9.86. The van der Waals surface area contributed by atoms with Crippen molar-refractivity contribution in [1.82, 2.24) is 5.32 Å². The lowest BCUT2D eigenvalue weighted by Crippen LogP contribution is -2.18. The lowest BCUT2D eigenvalue weighted by molar-refractivity contribution is 0.318. The summed E-state index contributed by atoms with van der Waals surface area (Å²) in [6.07, 6.45) is 2.80. The molecule has 2 unspecified atom stereocenters. The van der Waals surface area contributed by atoms with Crippen molar-refractivity contribution in [3.63, 3.8) is 0 Å². The Labute approximate surface area is 70.6 Å². The second kappa shape index (κ2) is 4.10. The van der Waals surface area contributed by atoms with Crippen LogP contribution in [0.1, 0.15) is 33.6 Å². The summed E-state index contributed by atoms with van der Waals surface area (Å²) in [6.45, 7) is 9.51. The van der Waals surface area contributed by atoms with Gasteiger partial charge in [-0.1, -0.05) is 20.8 Å². The van der Waals surface area contributed by atoms with Crippen molar-refractivity contribution >= 4 is 0 Å². The van der Waals surface area contributed by atoms with Gasteiger partial charge in [0.2, 0.25) is 0 Å². The molecular formula is C10H21N. The predicted octanol–water partition coefficient (Wildman–Crippen LogP) is 2.28. The van der Waals surface area contributed by atoms with Gasteiger partial charge in [-0.05, 0) is 43.7 Å². The molecule has 1 heteroatoms. The van der Waals surface area contributed by atoms with Crippen LogP contribution < -0.4 is 5.32 Å². The summed E-state index contributed by atoms with van der Waals surface area (Å²) < 4.78 is 0. The first-order valence-corrected chi connectivity index (χ1v) is 4.91. The van der Waals surface area contributed by atoms with Crippen molar-refractivity contribution in [2.45, 2.75) is 33.6 Å². The van der Waals surface area contributed by atoms with Gasteiger partial charge in [0.05, 0.1) is 0 Å². The van der Waals surface area contributed by atoms with Gasteiger partial charge in [-0.3, -0.25) is 0 Å². The van der Waals surface area contributed by atoms with Crippen LogP contribution in [-0.4, -0.2) is 13.1 Å². The minimum absolute atomic E-state index is 0.873. The molecule has 0 amide bonds. The highest BCUT2D eigenvalue weighted by molar-refractivity contribution is 4.73. The maximum absolute atomic E-state index is 3.48. The highest BCUT2D eigenvalue weighted by Crippen LogP contribution is 2.24. The highest BCUT2D eigenvalue weighted by atomic mass is 14.9. The van der Waals surface area contributed by atoms with Gasteiger partial charge >= 0.3 is 0 Å². The van der Waals surface area contributed by atoms with Gasteiger partial charge in [-0.15, -0.1) is 0 Å². The fourth-order valence-electron chi connectivity index (χ4n) is 1.96. The van der Waals surface area contributed by atoms with E-state index in [9.17, 15) is 0 Å². The minimum Gasteiger partial charge on any atom is -0.316 e. The van der Waals surface area contributed by atoms with E-state index in [1.54, 1.807) is 0 Å². The number of rotatable bonds is 1. The fraction of sp³-hybridized carbons (Fsp3) is 1.00. The number of hydrogen-bond donors (Lipinski definition) is 1. The first-order chi connectivity index (χ1) is 5.20. The summed E-state index contributed by atoms with van der Waals surface area (Å²) in [4.78, 5) is 0. The summed E-state index contributed by atoms with van der Waals surface area (Å²) in [5.74, 6) is 2.71. The van der Waals surface area contributed by atoms with E-state index < -0.39 is 0 Å². The molecule has 0 aromatic carbocycles. The van der Waals surface area contributed by atoms with Gasteiger partial charge in [0.15, 0.2) is 0 Å². The topological polar surface area (TPSA) is 12.0 Å². The van der Waals surface area contributed by atoms with E-state index in [2.05, 4.69) is 26.1 Å². The molecule has 0 spiro atoms. The van der Waals surface area contributed by atoms with Crippen LogP contribution in [-0.2, 0) is 0 Å². The monoisotopic (exact) mass is 155 g/mol. The Hall–Kier alpha value is -0.0400. The van der Waals surface area contributed by atoms with Crippen molar-refractivity contribution in [3.8, 4) is 0 Å². The normalized spacial score (nSPS) is 33.8. The summed E-state index contributed by atoms with van der Waals surface area (Å²) >= 11 is 0. The Bertz CT molecular complexity index is 109. The molecule has 0 aromatic rings. The molecule has 1 aliphatic rings. The van der Waals surface area contributed by atoms with Crippen LogP contribution in [0.25, 0.3) is 0 Å². The standard InChI is InChI=1S/C10H21N/c1-8(2)10-4-5-11-7-9(3)6-10/h8-11H,4-7H2,1-3H3. The molecule has 1 N–H and O–H groups in total. The molecule has 11 heavy (non-hydrogen) atoms. The van der Waals surface area contributed by atoms with Gasteiger partial charge in [0.25, 0.3) is 0 Å². The minimum atomic E-state index is 0.873. The molecule has 1 fully saturated rings. The summed E-state index contributed by atoms with van der Waals surface area (Å²) in [5, 5.41) is 3.48. The molecule has 0 radical (unpaired) electrons. The van der Waals surface area contributed by atoms with Crippen LogP contribution in [0.2, 0.25) is 0 Å². The molecule has 1 rings (SSSR count). The average Bonchev–Trinajstić information content (AvgIpc) is 2.13. The van der Waals surface area contributed by atoms with E-state index in [-0.39, 0.29) is 0 Å². The summed E-state index contributed by atoms with van der Waals surface area (Å²) in [5.41, 5.74) is 0. The van der Waals surface area contributed by atoms with Crippen LogP contribution in [0.5, 0.6) is 0 Å². The predicted molar refractivity (Wildman–Crippen MR) is 49.6 cm³/mol. The third-order valence-electron chi connectivity index (χ3n) is 2.83. The molecule has 1 heterocycles. The molecular weight excluding hydrogens is 134 g/mol. The van der Waals surface area contributed by atoms with E-state index >= 15 is 0 Å². The van der Waals surface area contributed by atoms with E-state index in [0.29, 0.717) is 0 Å². The SMILES string of the molecule is CC1CNCCC(C(C)C)C1. The molecule has 2 atom stereocenters. The van der Waals surface area contributed by atoms with Gasteiger partial charge in [0.1, 0.15) is 0 Å². The van der Waals surface area contributed by atoms with E-state index in [1.807, 2.05) is 0 Å². The van der Waals surface area contributed by atoms with Gasteiger partial charge < -0.3 is 5.32 Å². The summed E-state index contributed by atoms with van der Waals surface area (Å²) in [6, 6.07) is 0. The molecule has 1 saturated heterocycles. The maximum Gasteiger partial charge on any atom is -0.00230 e. The highest BCUT2D eigenvalue weighted by Gasteiger charge is 2.18. The van der Waals surface area contributed by atoms with E-state index in [4.69, 9.17) is 0 Å². The van der Waals surface area contributed by atoms with Crippen LogP contribution in [0.3, 0.4) is 0 Å². The molecule has 0 saturated carbocycles. The van der Waals surface area contributed by atoms with Crippen molar-refractivity contribution in [2.24, 2.45) is 17.8 Å². The zero-order valence-corrected chi connectivity index (χ0v) is 8.06. The Morgan fingerprint density at radius 2 is 2.09 bits per heavy atom. The second-order valence-corrected chi connectivity index (χ2v) is 4.34. The first kappa shape index (κ1) is 9.05. The molecule has 1 aliphatic heterocycles. The Morgan fingerprint density at radius 1 is 1.36 bits per heavy atom. The van der Waals surface area contributed by atoms with Crippen LogP contribution in [0.15, 0.2) is 0 Å². The van der Waals surface area contributed by atoms with Crippen molar-refractivity contribution < 1.29 is 0 Å². The van der Waals surface area contributed by atoms with Gasteiger partial charge in [-0.2, -0.15) is 0 Å². The number of nitrogens with one attached hydrogen (secondary N) is 1. The third-order valence-corrected chi connectivity index (χ3v) is 2.83. The van der Waals surface area contributed by atoms with Crippen molar-refractivity contribution in [3.05, 3.63) is 0 Å². The lowest BCUT2D eigenvalue weighted by Gasteiger charge is -2.19. The van der Waals surface area contributed by atoms with Crippen LogP contribution >= 0.6 is 0 Å². The Kier molecular flexibility index (Phi) is 3.38. The molecule has 0 bridgehead atoms. The second-order valence-electron chi connectivity index (χ2n) is 4.34. The van der Waals surface area contributed by atoms with Crippen LogP contribution in [0.4, 0.5) is 0 Å². The van der Waals surface area contributed by atoms with Gasteiger partial charge in [-0.25, -0.2) is 0 Å². The summed E-state index contributed by atoms with van der Waals surface area (Å²) in [7, 11) is 0. The Balaban J connectivity index is 2.39.